The van der Waals surface area contributed by atoms with Gasteiger partial charge in [0.05, 0.1) is 0 Å². The van der Waals surface area contributed by atoms with Gasteiger partial charge in [-0.05, 0) is 0 Å². The van der Waals surface area contributed by atoms with Gasteiger partial charge < -0.3 is 5.32 Å². The molecule has 0 aliphatic carbocycles. The highest BCUT2D eigenvalue weighted by Gasteiger charge is 2.12. The van der Waals surface area contributed by atoms with Gasteiger partial charge in [0.25, 0.3) is 0 Å². The Kier molecular flexibility index (Phi) is 1.05. The predicted molar refractivity (Wildman–Crippen MR) is 24.0 cm³/mol. The first kappa shape index (κ1) is 4.05. The maximum atomic E-state index is 5.04. The summed E-state index contributed by atoms with van der Waals surface area (Å²) >= 11 is 0. The third-order valence-electron chi connectivity index (χ3n) is 1.02. The summed E-state index contributed by atoms with van der Waals surface area (Å²) in [5, 5.41) is 3.07. The molecule has 0 saturated carbocycles. The van der Waals surface area contributed by atoms with E-state index in [1.165, 1.54) is 0 Å². The first-order valence-corrected chi connectivity index (χ1v) is 2.10. The molecule has 0 aromatic heterocycles. The molecule has 6 heavy (non-hydrogen) atoms. The van der Waals surface area contributed by atoms with Crippen LogP contribution in [0.2, 0.25) is 0 Å². The molecule has 3 heteroatoms. The number of hydrogen-bond donors (Lipinski definition) is 3. The molecular formula is C3H9N3. The van der Waals surface area contributed by atoms with Gasteiger partial charge in [0.2, 0.25) is 0 Å². The van der Waals surface area contributed by atoms with E-state index in [0.717, 1.165) is 13.1 Å². The smallest absolute Gasteiger partial charge is 0.0459 e. The fourth-order valence-corrected chi connectivity index (χ4v) is 0.407. The third kappa shape index (κ3) is 0.518. The molecule has 0 bridgehead atoms. The van der Waals surface area contributed by atoms with Crippen LogP contribution in [0.3, 0.4) is 0 Å². The maximum Gasteiger partial charge on any atom is 0.0459 e. The van der Waals surface area contributed by atoms with Crippen LogP contribution in [-0.4, -0.2) is 19.1 Å². The number of nitrogens with one attached hydrogen (secondary N) is 2. The second-order valence-corrected chi connectivity index (χ2v) is 1.52. The van der Waals surface area contributed by atoms with E-state index in [9.17, 15) is 0 Å². The van der Waals surface area contributed by atoms with E-state index in [1.54, 1.807) is 0 Å². The van der Waals surface area contributed by atoms with Crippen molar-refractivity contribution in [1.82, 2.24) is 10.7 Å². The number of hydrazine groups is 1. The molecule has 0 radical (unpaired) electrons. The number of hydrogen-bond acceptors (Lipinski definition) is 3. The first-order valence-electron chi connectivity index (χ1n) is 2.10. The lowest BCUT2D eigenvalue weighted by molar-refractivity contribution is 0.373. The standard InChI is InChI=1S/C3H9N3/c4-6-3-1-5-2-3/h3,5-6H,1-2,4H2. The summed E-state index contributed by atoms with van der Waals surface area (Å²) in [5.41, 5.74) is 2.64. The summed E-state index contributed by atoms with van der Waals surface area (Å²) < 4.78 is 0. The van der Waals surface area contributed by atoms with Crippen molar-refractivity contribution < 1.29 is 0 Å². The fourth-order valence-electron chi connectivity index (χ4n) is 0.407. The van der Waals surface area contributed by atoms with Crippen molar-refractivity contribution in [2.75, 3.05) is 13.1 Å². The zero-order valence-electron chi connectivity index (χ0n) is 3.57. The monoisotopic (exact) mass is 87.1 g/mol. The van der Waals surface area contributed by atoms with Crippen molar-refractivity contribution in [2.24, 2.45) is 5.84 Å². The lowest BCUT2D eigenvalue weighted by atomic mass is 10.2. The van der Waals surface area contributed by atoms with E-state index in [0.29, 0.717) is 6.04 Å². The molecule has 0 aromatic rings. The Hall–Kier alpha value is -0.120. The van der Waals surface area contributed by atoms with Crippen molar-refractivity contribution in [3.8, 4) is 0 Å². The lowest BCUT2D eigenvalue weighted by Gasteiger charge is -2.25. The van der Waals surface area contributed by atoms with Gasteiger partial charge in [0, 0.05) is 19.1 Å². The highest BCUT2D eigenvalue weighted by Crippen LogP contribution is 1.84. The van der Waals surface area contributed by atoms with Crippen LogP contribution in [0.15, 0.2) is 0 Å². The number of rotatable bonds is 1. The average Bonchev–Trinajstić information content (AvgIpc) is 1.31. The van der Waals surface area contributed by atoms with Gasteiger partial charge in [-0.1, -0.05) is 0 Å². The Bertz CT molecular complexity index is 38.5. The zero-order chi connectivity index (χ0) is 4.41. The summed E-state index contributed by atoms with van der Waals surface area (Å²) in [6, 6.07) is 0.532. The minimum atomic E-state index is 0.532. The molecule has 1 aliphatic heterocycles. The van der Waals surface area contributed by atoms with Crippen LogP contribution in [0.5, 0.6) is 0 Å². The van der Waals surface area contributed by atoms with Crippen molar-refractivity contribution >= 4 is 0 Å². The van der Waals surface area contributed by atoms with Crippen LogP contribution in [0, 0.1) is 0 Å². The summed E-state index contributed by atoms with van der Waals surface area (Å²) in [5.74, 6) is 5.04. The molecule has 1 fully saturated rings. The van der Waals surface area contributed by atoms with Gasteiger partial charge in [-0.25, -0.2) is 0 Å². The van der Waals surface area contributed by atoms with Gasteiger partial charge in [-0.3, -0.25) is 11.3 Å². The molecule has 1 rings (SSSR count). The topological polar surface area (TPSA) is 50.1 Å². The largest absolute Gasteiger partial charge is 0.313 e. The molecule has 36 valence electrons. The van der Waals surface area contributed by atoms with Gasteiger partial charge in [-0.2, -0.15) is 0 Å². The first-order chi connectivity index (χ1) is 2.93. The van der Waals surface area contributed by atoms with Crippen LogP contribution in [-0.2, 0) is 0 Å². The van der Waals surface area contributed by atoms with E-state index >= 15 is 0 Å². The molecule has 1 saturated heterocycles. The Morgan fingerprint density at radius 1 is 1.67 bits per heavy atom. The molecule has 0 amide bonds. The summed E-state index contributed by atoms with van der Waals surface area (Å²) in [4.78, 5) is 0. The molecule has 0 spiro atoms. The van der Waals surface area contributed by atoms with Crippen LogP contribution < -0.4 is 16.6 Å². The zero-order valence-corrected chi connectivity index (χ0v) is 3.57. The van der Waals surface area contributed by atoms with Crippen molar-refractivity contribution in [1.29, 1.82) is 0 Å². The Labute approximate surface area is 36.9 Å². The average molecular weight is 87.1 g/mol. The molecule has 0 aromatic carbocycles. The van der Waals surface area contributed by atoms with E-state index in [-0.39, 0.29) is 0 Å². The van der Waals surface area contributed by atoms with Gasteiger partial charge in [0.15, 0.2) is 0 Å². The molecule has 0 atom stereocenters. The van der Waals surface area contributed by atoms with Crippen LogP contribution >= 0.6 is 0 Å². The van der Waals surface area contributed by atoms with E-state index < -0.39 is 0 Å². The molecule has 4 N–H and O–H groups in total. The van der Waals surface area contributed by atoms with Crippen LogP contribution in [0.1, 0.15) is 0 Å². The summed E-state index contributed by atoms with van der Waals surface area (Å²) in [6.45, 7) is 2.05. The Balaban J connectivity index is 2.01. The highest BCUT2D eigenvalue weighted by atomic mass is 15.3. The van der Waals surface area contributed by atoms with Crippen LogP contribution in [0.25, 0.3) is 0 Å². The molecule has 3 nitrogen and oxygen atoms in total. The quantitative estimate of drug-likeness (QED) is 0.267. The molecular weight excluding hydrogens is 78.1 g/mol. The van der Waals surface area contributed by atoms with Gasteiger partial charge in [-0.15, -0.1) is 0 Å². The Morgan fingerprint density at radius 3 is 2.33 bits per heavy atom. The minimum absolute atomic E-state index is 0.532. The fraction of sp³-hybridized carbons (Fsp3) is 1.00. The minimum Gasteiger partial charge on any atom is -0.313 e. The normalized spacial score (nSPS) is 23.5. The second-order valence-electron chi connectivity index (χ2n) is 1.52. The maximum absolute atomic E-state index is 5.04. The Morgan fingerprint density at radius 2 is 2.33 bits per heavy atom. The molecule has 1 aliphatic rings. The molecule has 0 unspecified atom stereocenters. The third-order valence-corrected chi connectivity index (χ3v) is 1.02. The van der Waals surface area contributed by atoms with Crippen LogP contribution in [0.4, 0.5) is 0 Å². The summed E-state index contributed by atoms with van der Waals surface area (Å²) in [6.07, 6.45) is 0. The highest BCUT2D eigenvalue weighted by molar-refractivity contribution is 4.78. The van der Waals surface area contributed by atoms with Crippen molar-refractivity contribution in [2.45, 2.75) is 6.04 Å². The van der Waals surface area contributed by atoms with Crippen molar-refractivity contribution in [3.05, 3.63) is 0 Å². The van der Waals surface area contributed by atoms with E-state index in [4.69, 9.17) is 5.84 Å². The molecule has 1 heterocycles. The van der Waals surface area contributed by atoms with E-state index in [1.807, 2.05) is 0 Å². The van der Waals surface area contributed by atoms with E-state index in [2.05, 4.69) is 10.7 Å². The van der Waals surface area contributed by atoms with Gasteiger partial charge in [0.1, 0.15) is 0 Å². The second kappa shape index (κ2) is 1.55. The predicted octanol–water partition coefficient (Wildman–Crippen LogP) is -1.58. The number of nitrogens with two attached hydrogens (primary N) is 1. The summed E-state index contributed by atoms with van der Waals surface area (Å²) in [7, 11) is 0. The lowest BCUT2D eigenvalue weighted by Crippen LogP contribution is -2.57. The van der Waals surface area contributed by atoms with Gasteiger partial charge >= 0.3 is 0 Å². The SMILES string of the molecule is NNC1CNC1. The van der Waals surface area contributed by atoms with Crippen molar-refractivity contribution in [3.63, 3.8) is 0 Å².